The van der Waals surface area contributed by atoms with Crippen LogP contribution < -0.4 is 9.30 Å². The van der Waals surface area contributed by atoms with Gasteiger partial charge in [0.2, 0.25) is 0 Å². The van der Waals surface area contributed by atoms with Crippen LogP contribution in [0.2, 0.25) is 0 Å². The molecule has 0 saturated heterocycles. The highest BCUT2D eigenvalue weighted by molar-refractivity contribution is 7.85. The van der Waals surface area contributed by atoms with Gasteiger partial charge in [-0.15, -0.1) is 0 Å². The summed E-state index contributed by atoms with van der Waals surface area (Å²) >= 11 is 0. The first-order chi connectivity index (χ1) is 12.2. The predicted octanol–water partition coefficient (Wildman–Crippen LogP) is 0.410. The zero-order valence-electron chi connectivity index (χ0n) is 13.7. The van der Waals surface area contributed by atoms with E-state index >= 15 is 0 Å². The lowest BCUT2D eigenvalue weighted by Gasteiger charge is -2.10. The number of hydrogen-bond donors (Lipinski definition) is 1. The molecular weight excluding hydrogens is 364 g/mol. The molecule has 0 saturated carbocycles. The van der Waals surface area contributed by atoms with Gasteiger partial charge in [0.15, 0.2) is 18.9 Å². The number of aromatic nitrogens is 1. The number of nitro groups is 1. The number of non-ortho nitro benzene ring substituents is 1. The molecule has 10 heteroatoms. The van der Waals surface area contributed by atoms with E-state index in [4.69, 9.17) is 4.74 Å². The van der Waals surface area contributed by atoms with Crippen molar-refractivity contribution in [1.82, 2.24) is 0 Å². The molecule has 0 fully saturated rings. The van der Waals surface area contributed by atoms with Crippen molar-refractivity contribution in [1.29, 1.82) is 0 Å². The fourth-order valence-electron chi connectivity index (χ4n) is 2.17. The summed E-state index contributed by atoms with van der Waals surface area (Å²) < 4.78 is 38.9. The highest BCUT2D eigenvalue weighted by Crippen LogP contribution is 2.17. The van der Waals surface area contributed by atoms with Crippen molar-refractivity contribution in [3.63, 3.8) is 0 Å². The Morgan fingerprint density at radius 3 is 2.31 bits per heavy atom. The Morgan fingerprint density at radius 2 is 1.77 bits per heavy atom. The van der Waals surface area contributed by atoms with Crippen LogP contribution in [0.3, 0.4) is 0 Å². The molecule has 0 aliphatic carbocycles. The zero-order chi connectivity index (χ0) is 19.2. The lowest BCUT2D eigenvalue weighted by Crippen LogP contribution is -2.41. The summed E-state index contributed by atoms with van der Waals surface area (Å²) in [4.78, 5) is 10.1. The highest BCUT2D eigenvalue weighted by Gasteiger charge is 2.13. The summed E-state index contributed by atoms with van der Waals surface area (Å²) in [5.74, 6) is -0.0447. The fourth-order valence-corrected chi connectivity index (χ4v) is 2.66. The lowest BCUT2D eigenvalue weighted by atomic mass is 10.2. The second-order valence-electron chi connectivity index (χ2n) is 5.63. The van der Waals surface area contributed by atoms with Gasteiger partial charge < -0.3 is 14.4 Å². The first-order valence-corrected chi connectivity index (χ1v) is 9.27. The van der Waals surface area contributed by atoms with Gasteiger partial charge in [-0.2, -0.15) is 0 Å². The summed E-state index contributed by atoms with van der Waals surface area (Å²) in [7, 11) is -4.24. The first kappa shape index (κ1) is 19.8. The van der Waals surface area contributed by atoms with Crippen LogP contribution >= 0.6 is 0 Å². The Bertz CT molecular complexity index is 836. The van der Waals surface area contributed by atoms with Crippen molar-refractivity contribution in [2.45, 2.75) is 19.1 Å². The maximum Gasteiger partial charge on any atom is 0.269 e. The van der Waals surface area contributed by atoms with Crippen LogP contribution in [0.5, 0.6) is 5.75 Å². The standard InChI is InChI=1S/C16H18N2O7S/c19-15(12-25-16-3-1-14(2-4-16)18(20)21)11-17-8-5-13(6-9-17)7-10-26(22,23)24/h1-6,8-9,15,19H,7,10-12H2. The molecule has 0 radical (unpaired) electrons. The van der Waals surface area contributed by atoms with Crippen LogP contribution in [0.25, 0.3) is 0 Å². The number of aliphatic hydroxyl groups is 1. The van der Waals surface area contributed by atoms with Crippen LogP contribution in [0.4, 0.5) is 5.69 Å². The molecule has 140 valence electrons. The number of hydrogen-bond acceptors (Lipinski definition) is 7. The van der Waals surface area contributed by atoms with Gasteiger partial charge >= 0.3 is 0 Å². The Morgan fingerprint density at radius 1 is 1.15 bits per heavy atom. The third kappa shape index (κ3) is 6.75. The predicted molar refractivity (Wildman–Crippen MR) is 89.5 cm³/mol. The molecule has 1 N–H and O–H groups in total. The molecule has 9 nitrogen and oxygen atoms in total. The quantitative estimate of drug-likeness (QED) is 0.287. The van der Waals surface area contributed by atoms with E-state index in [9.17, 15) is 28.2 Å². The topological polar surface area (TPSA) is 134 Å². The van der Waals surface area contributed by atoms with E-state index in [0.717, 1.165) is 0 Å². The molecular formula is C16H18N2O7S. The van der Waals surface area contributed by atoms with Crippen molar-refractivity contribution >= 4 is 15.8 Å². The summed E-state index contributed by atoms with van der Waals surface area (Å²) in [6.45, 7) is 0.244. The summed E-state index contributed by atoms with van der Waals surface area (Å²) in [6, 6.07) is 8.90. The average Bonchev–Trinajstić information content (AvgIpc) is 2.59. The third-order valence-electron chi connectivity index (χ3n) is 3.51. The Hall–Kier alpha value is -2.56. The minimum Gasteiger partial charge on any atom is -0.748 e. The van der Waals surface area contributed by atoms with Gasteiger partial charge in [-0.25, -0.2) is 13.0 Å². The number of pyridine rings is 1. The number of benzene rings is 1. The van der Waals surface area contributed by atoms with Gasteiger partial charge in [0.05, 0.1) is 15.0 Å². The van der Waals surface area contributed by atoms with Crippen molar-refractivity contribution in [3.05, 3.63) is 64.5 Å². The monoisotopic (exact) mass is 382 g/mol. The normalized spacial score (nSPS) is 12.5. The molecule has 0 aliphatic rings. The number of rotatable bonds is 9. The minimum atomic E-state index is -4.24. The third-order valence-corrected chi connectivity index (χ3v) is 4.22. The number of nitro benzene ring substituents is 1. The molecule has 1 unspecified atom stereocenters. The molecule has 2 aromatic rings. The zero-order valence-corrected chi connectivity index (χ0v) is 14.5. The Kier molecular flexibility index (Phi) is 6.61. The van der Waals surface area contributed by atoms with E-state index in [1.54, 1.807) is 29.1 Å². The van der Waals surface area contributed by atoms with E-state index in [1.165, 1.54) is 24.3 Å². The van der Waals surface area contributed by atoms with Crippen molar-refractivity contribution in [3.8, 4) is 5.75 Å². The fraction of sp³-hybridized carbons (Fsp3) is 0.312. The maximum atomic E-state index is 10.6. The van der Waals surface area contributed by atoms with E-state index < -0.39 is 26.9 Å². The van der Waals surface area contributed by atoms with Crippen LogP contribution in [-0.4, -0.2) is 41.5 Å². The molecule has 1 atom stereocenters. The van der Waals surface area contributed by atoms with E-state index in [1.807, 2.05) is 0 Å². The van der Waals surface area contributed by atoms with Crippen LogP contribution in [0.1, 0.15) is 5.56 Å². The largest absolute Gasteiger partial charge is 0.748 e. The SMILES string of the molecule is O=[N+]([O-])c1ccc(OCC(O)C[n+]2ccc(CCS(=O)(=O)[O-])cc2)cc1. The van der Waals surface area contributed by atoms with Crippen LogP contribution in [0, 0.1) is 10.1 Å². The Balaban J connectivity index is 1.81. The van der Waals surface area contributed by atoms with Crippen LogP contribution in [-0.2, 0) is 23.1 Å². The van der Waals surface area contributed by atoms with E-state index in [0.29, 0.717) is 11.3 Å². The molecule has 0 amide bonds. The summed E-state index contributed by atoms with van der Waals surface area (Å²) in [5.41, 5.74) is 0.663. The van der Waals surface area contributed by atoms with Gasteiger partial charge in [0, 0.05) is 30.0 Å². The van der Waals surface area contributed by atoms with Gasteiger partial charge in [0.25, 0.3) is 5.69 Å². The number of nitrogens with zero attached hydrogens (tertiary/aromatic N) is 2. The van der Waals surface area contributed by atoms with Gasteiger partial charge in [0.1, 0.15) is 18.5 Å². The molecule has 1 heterocycles. The molecule has 1 aromatic carbocycles. The second-order valence-corrected chi connectivity index (χ2v) is 7.15. The second kappa shape index (κ2) is 8.70. The van der Waals surface area contributed by atoms with Gasteiger partial charge in [-0.3, -0.25) is 10.1 Å². The number of aliphatic hydroxyl groups excluding tert-OH is 1. The summed E-state index contributed by atoms with van der Waals surface area (Å²) in [5, 5.41) is 20.6. The molecule has 0 aliphatic heterocycles. The maximum absolute atomic E-state index is 10.6. The highest BCUT2D eigenvalue weighted by atomic mass is 32.2. The molecule has 1 aromatic heterocycles. The smallest absolute Gasteiger partial charge is 0.269 e. The van der Waals surface area contributed by atoms with E-state index in [2.05, 4.69) is 0 Å². The summed E-state index contributed by atoms with van der Waals surface area (Å²) in [6.07, 6.45) is 2.66. The average molecular weight is 382 g/mol. The van der Waals surface area contributed by atoms with E-state index in [-0.39, 0.29) is 25.3 Å². The van der Waals surface area contributed by atoms with Gasteiger partial charge in [-0.05, 0) is 24.1 Å². The van der Waals surface area contributed by atoms with Gasteiger partial charge in [-0.1, -0.05) is 0 Å². The minimum absolute atomic E-state index is 0.000980. The molecule has 0 spiro atoms. The number of ether oxygens (including phenoxy) is 1. The number of aryl methyl sites for hydroxylation is 1. The molecule has 2 rings (SSSR count). The van der Waals surface area contributed by atoms with Crippen LogP contribution in [0.15, 0.2) is 48.8 Å². The lowest BCUT2D eigenvalue weighted by molar-refractivity contribution is -0.703. The molecule has 0 bridgehead atoms. The van der Waals surface area contributed by atoms with Crippen molar-refractivity contribution in [2.75, 3.05) is 12.4 Å². The molecule has 26 heavy (non-hydrogen) atoms. The Labute approximate surface area is 150 Å². The van der Waals surface area contributed by atoms with Crippen molar-refractivity contribution < 1.29 is 32.3 Å². The first-order valence-electron chi connectivity index (χ1n) is 7.70. The van der Waals surface area contributed by atoms with Crippen molar-refractivity contribution in [2.24, 2.45) is 0 Å².